The maximum absolute atomic E-state index is 11.7. The van der Waals surface area contributed by atoms with Crippen LogP contribution in [0.15, 0.2) is 30.3 Å². The van der Waals surface area contributed by atoms with Crippen molar-refractivity contribution in [3.63, 3.8) is 0 Å². The van der Waals surface area contributed by atoms with Gasteiger partial charge in [0.05, 0.1) is 24.3 Å². The monoisotopic (exact) mass is 274 g/mol. The van der Waals surface area contributed by atoms with Crippen LogP contribution in [0.5, 0.6) is 0 Å². The first-order valence-corrected chi connectivity index (χ1v) is 6.28. The lowest BCUT2D eigenvalue weighted by molar-refractivity contribution is -0.117. The summed E-state index contributed by atoms with van der Waals surface area (Å²) < 4.78 is 4.97. The summed E-state index contributed by atoms with van der Waals surface area (Å²) in [6, 6.07) is 8.74. The number of nitrogens with one attached hydrogen (secondary N) is 1. The van der Waals surface area contributed by atoms with Crippen LogP contribution >= 0.6 is 0 Å². The van der Waals surface area contributed by atoms with E-state index in [1.165, 1.54) is 6.08 Å². The number of rotatable bonds is 7. The van der Waals surface area contributed by atoms with Crippen molar-refractivity contribution >= 4 is 12.0 Å². The summed E-state index contributed by atoms with van der Waals surface area (Å²) in [4.78, 5) is 11.7. The Morgan fingerprint density at radius 3 is 2.75 bits per heavy atom. The van der Waals surface area contributed by atoms with Crippen LogP contribution in [0.1, 0.15) is 17.5 Å². The molecule has 1 unspecified atom stereocenters. The third kappa shape index (κ3) is 5.65. The van der Waals surface area contributed by atoms with Crippen molar-refractivity contribution < 1.29 is 14.6 Å². The van der Waals surface area contributed by atoms with Gasteiger partial charge in [-0.25, -0.2) is 0 Å². The van der Waals surface area contributed by atoms with Crippen LogP contribution in [0.2, 0.25) is 0 Å². The van der Waals surface area contributed by atoms with Crippen molar-refractivity contribution in [3.05, 3.63) is 41.5 Å². The molecule has 1 rings (SSSR count). The van der Waals surface area contributed by atoms with Gasteiger partial charge in [-0.05, 0) is 30.2 Å². The fourth-order valence-corrected chi connectivity index (χ4v) is 1.64. The number of benzene rings is 1. The molecule has 5 nitrogen and oxygen atoms in total. The molecule has 0 spiro atoms. The molecule has 20 heavy (non-hydrogen) atoms. The first-order valence-electron chi connectivity index (χ1n) is 6.28. The number of methoxy groups -OCH3 is 1. The van der Waals surface area contributed by atoms with Crippen molar-refractivity contribution in [2.75, 3.05) is 20.3 Å². The Morgan fingerprint density at radius 1 is 1.50 bits per heavy atom. The van der Waals surface area contributed by atoms with Gasteiger partial charge >= 0.3 is 0 Å². The van der Waals surface area contributed by atoms with Crippen molar-refractivity contribution in [1.29, 1.82) is 5.26 Å². The molecule has 0 saturated heterocycles. The van der Waals surface area contributed by atoms with E-state index in [-0.39, 0.29) is 18.6 Å². The fourth-order valence-electron chi connectivity index (χ4n) is 1.64. The molecule has 0 fully saturated rings. The fraction of sp³-hybridized carbons (Fsp3) is 0.333. The largest absolute Gasteiger partial charge is 0.396 e. The summed E-state index contributed by atoms with van der Waals surface area (Å²) in [5.41, 5.74) is 1.42. The average Bonchev–Trinajstić information content (AvgIpc) is 2.46. The number of nitriles is 1. The van der Waals surface area contributed by atoms with Gasteiger partial charge in [-0.15, -0.1) is 0 Å². The Labute approximate surface area is 118 Å². The second kappa shape index (κ2) is 8.86. The highest BCUT2D eigenvalue weighted by Gasteiger charge is 2.09. The Morgan fingerprint density at radius 2 is 2.20 bits per heavy atom. The first-order chi connectivity index (χ1) is 9.69. The molecule has 5 heteroatoms. The van der Waals surface area contributed by atoms with Crippen molar-refractivity contribution in [2.45, 2.75) is 12.5 Å². The van der Waals surface area contributed by atoms with Gasteiger partial charge in [0.25, 0.3) is 0 Å². The molecule has 0 aliphatic rings. The molecule has 2 N–H and O–H groups in total. The number of ether oxygens (including phenoxy) is 1. The van der Waals surface area contributed by atoms with Crippen LogP contribution in [0.4, 0.5) is 0 Å². The predicted molar refractivity (Wildman–Crippen MR) is 75.7 cm³/mol. The van der Waals surface area contributed by atoms with Gasteiger partial charge in [-0.1, -0.05) is 12.1 Å². The normalized spacial score (nSPS) is 12.1. The van der Waals surface area contributed by atoms with Gasteiger partial charge in [-0.2, -0.15) is 5.26 Å². The summed E-state index contributed by atoms with van der Waals surface area (Å²) in [5, 5.41) is 20.3. The molecular weight excluding hydrogens is 256 g/mol. The highest BCUT2D eigenvalue weighted by molar-refractivity contribution is 5.91. The first kappa shape index (κ1) is 15.9. The molecule has 0 radical (unpaired) electrons. The third-order valence-corrected chi connectivity index (χ3v) is 2.66. The van der Waals surface area contributed by atoms with Crippen LogP contribution in [-0.4, -0.2) is 37.4 Å². The molecule has 0 heterocycles. The highest BCUT2D eigenvalue weighted by atomic mass is 16.5. The van der Waals surface area contributed by atoms with E-state index in [0.717, 1.165) is 5.56 Å². The van der Waals surface area contributed by atoms with E-state index in [1.54, 1.807) is 37.5 Å². The number of nitrogens with zero attached hydrogens (tertiary/aromatic N) is 1. The zero-order valence-electron chi connectivity index (χ0n) is 11.4. The molecule has 1 amide bonds. The van der Waals surface area contributed by atoms with E-state index < -0.39 is 0 Å². The molecule has 0 saturated carbocycles. The number of amides is 1. The molecule has 106 valence electrons. The van der Waals surface area contributed by atoms with E-state index in [9.17, 15) is 4.79 Å². The zero-order valence-corrected chi connectivity index (χ0v) is 11.4. The topological polar surface area (TPSA) is 82.3 Å². The Bertz CT molecular complexity index is 483. The summed E-state index contributed by atoms with van der Waals surface area (Å²) in [5.74, 6) is -0.246. The zero-order chi connectivity index (χ0) is 14.8. The van der Waals surface area contributed by atoms with Crippen molar-refractivity contribution in [3.8, 4) is 6.07 Å². The molecule has 1 aromatic carbocycles. The van der Waals surface area contributed by atoms with Gasteiger partial charge < -0.3 is 15.2 Å². The summed E-state index contributed by atoms with van der Waals surface area (Å²) in [6.45, 7) is 0.352. The Kier molecular flexibility index (Phi) is 7.04. The number of hydrogen-bond acceptors (Lipinski definition) is 4. The Balaban J connectivity index is 2.55. The van der Waals surface area contributed by atoms with Gasteiger partial charge in [0.15, 0.2) is 0 Å². The molecule has 0 aliphatic heterocycles. The van der Waals surface area contributed by atoms with Gasteiger partial charge in [0.1, 0.15) is 0 Å². The van der Waals surface area contributed by atoms with Crippen LogP contribution in [0.3, 0.4) is 0 Å². The lowest BCUT2D eigenvalue weighted by atomic mass is 10.1. The SMILES string of the molecule is COCC(CCO)NC(=O)/C=C/c1ccc(C#N)cc1. The van der Waals surface area contributed by atoms with Gasteiger partial charge in [0, 0.05) is 19.8 Å². The molecule has 0 aromatic heterocycles. The average molecular weight is 274 g/mol. The maximum Gasteiger partial charge on any atom is 0.244 e. The highest BCUT2D eigenvalue weighted by Crippen LogP contribution is 2.05. The minimum Gasteiger partial charge on any atom is -0.396 e. The minimum absolute atomic E-state index is 0.00631. The van der Waals surface area contributed by atoms with Gasteiger partial charge in [-0.3, -0.25) is 4.79 Å². The maximum atomic E-state index is 11.7. The summed E-state index contributed by atoms with van der Waals surface area (Å²) in [7, 11) is 1.54. The molecule has 1 atom stereocenters. The molecular formula is C15H18N2O3. The second-order valence-corrected chi connectivity index (χ2v) is 4.24. The van der Waals surface area contributed by atoms with E-state index in [2.05, 4.69) is 5.32 Å². The van der Waals surface area contributed by atoms with Crippen molar-refractivity contribution in [2.24, 2.45) is 0 Å². The van der Waals surface area contributed by atoms with Crippen LogP contribution in [0, 0.1) is 11.3 Å². The van der Waals surface area contributed by atoms with Crippen LogP contribution in [-0.2, 0) is 9.53 Å². The molecule has 1 aromatic rings. The smallest absolute Gasteiger partial charge is 0.244 e. The van der Waals surface area contributed by atoms with E-state index in [1.807, 2.05) is 6.07 Å². The van der Waals surface area contributed by atoms with Crippen LogP contribution in [0.25, 0.3) is 6.08 Å². The molecule has 0 bridgehead atoms. The van der Waals surface area contributed by atoms with Crippen molar-refractivity contribution in [1.82, 2.24) is 5.32 Å². The number of carbonyl (C=O) groups excluding carboxylic acids is 1. The van der Waals surface area contributed by atoms with E-state index in [0.29, 0.717) is 18.6 Å². The van der Waals surface area contributed by atoms with E-state index >= 15 is 0 Å². The third-order valence-electron chi connectivity index (χ3n) is 2.66. The number of aliphatic hydroxyl groups excluding tert-OH is 1. The van der Waals surface area contributed by atoms with Gasteiger partial charge in [0.2, 0.25) is 5.91 Å². The minimum atomic E-state index is -0.246. The number of carbonyl (C=O) groups is 1. The summed E-state index contributed by atoms with van der Waals surface area (Å²) >= 11 is 0. The van der Waals surface area contributed by atoms with Crippen LogP contribution < -0.4 is 5.32 Å². The predicted octanol–water partition coefficient (Wildman–Crippen LogP) is 1.09. The Hall–Kier alpha value is -2.16. The lowest BCUT2D eigenvalue weighted by Gasteiger charge is -2.15. The number of hydrogen-bond donors (Lipinski definition) is 2. The quantitative estimate of drug-likeness (QED) is 0.729. The lowest BCUT2D eigenvalue weighted by Crippen LogP contribution is -2.37. The standard InChI is InChI=1S/C15H18N2O3/c1-20-11-14(8-9-18)17-15(19)7-6-12-2-4-13(10-16)5-3-12/h2-7,14,18H,8-9,11H2,1H3,(H,17,19)/b7-6+. The van der Waals surface area contributed by atoms with E-state index in [4.69, 9.17) is 15.1 Å². The molecule has 0 aliphatic carbocycles. The number of aliphatic hydroxyl groups is 1. The second-order valence-electron chi connectivity index (χ2n) is 4.24. The summed E-state index contributed by atoms with van der Waals surface area (Å²) in [6.07, 6.45) is 3.53.